The van der Waals surface area contributed by atoms with Gasteiger partial charge in [-0.1, -0.05) is 30.3 Å². The van der Waals surface area contributed by atoms with Crippen molar-refractivity contribution in [3.63, 3.8) is 0 Å². The summed E-state index contributed by atoms with van der Waals surface area (Å²) in [7, 11) is 0. The van der Waals surface area contributed by atoms with Gasteiger partial charge in [-0.25, -0.2) is 4.98 Å². The second kappa shape index (κ2) is 6.84. The van der Waals surface area contributed by atoms with E-state index in [-0.39, 0.29) is 0 Å². The molecule has 0 amide bonds. The molecule has 3 aromatic rings. The van der Waals surface area contributed by atoms with Crippen molar-refractivity contribution in [3.05, 3.63) is 66.2 Å². The number of nitrogens with two attached hydrogens (primary N) is 1. The molecule has 0 fully saturated rings. The summed E-state index contributed by atoms with van der Waals surface area (Å²) in [6, 6.07) is 21.7. The number of aromatic nitrogens is 1. The summed E-state index contributed by atoms with van der Waals surface area (Å²) in [5, 5.41) is 9.45. The molecule has 1 aromatic heterocycles. The standard InChI is InChI=1S/C20H17N3O/c1-2-24-16-10-8-15(9-11-16)19-12-17(14-6-4-3-5-7-14)18(13-21)20(22)23-19/h3-12H,2H2,1H3,(H2,22,23)/p+1. The highest BCUT2D eigenvalue weighted by atomic mass is 16.5. The molecule has 0 atom stereocenters. The number of nitrogen functional groups attached to an aromatic ring is 1. The zero-order valence-electron chi connectivity index (χ0n) is 13.4. The lowest BCUT2D eigenvalue weighted by molar-refractivity contribution is -0.346. The van der Waals surface area contributed by atoms with Crippen LogP contribution in [0.1, 0.15) is 12.5 Å². The van der Waals surface area contributed by atoms with E-state index in [0.29, 0.717) is 18.0 Å². The molecule has 0 bridgehead atoms. The topological polar surface area (TPSA) is 73.2 Å². The highest BCUT2D eigenvalue weighted by Gasteiger charge is 2.17. The van der Waals surface area contributed by atoms with Crippen molar-refractivity contribution in [1.82, 2.24) is 0 Å². The van der Waals surface area contributed by atoms with Gasteiger partial charge in [0.15, 0.2) is 0 Å². The third-order valence-electron chi connectivity index (χ3n) is 3.77. The molecule has 0 saturated heterocycles. The number of nitriles is 1. The van der Waals surface area contributed by atoms with Gasteiger partial charge in [0, 0.05) is 11.1 Å². The zero-order chi connectivity index (χ0) is 16.9. The highest BCUT2D eigenvalue weighted by Crippen LogP contribution is 2.29. The fourth-order valence-electron chi connectivity index (χ4n) is 2.62. The molecule has 0 spiro atoms. The number of nitrogens with zero attached hydrogens (tertiary/aromatic N) is 1. The molecular weight excluding hydrogens is 298 g/mol. The number of anilines is 1. The van der Waals surface area contributed by atoms with Gasteiger partial charge in [0.05, 0.1) is 6.61 Å². The van der Waals surface area contributed by atoms with Crippen LogP contribution in [0.4, 0.5) is 5.82 Å². The van der Waals surface area contributed by atoms with Gasteiger partial charge in [0.2, 0.25) is 0 Å². The second-order valence-electron chi connectivity index (χ2n) is 5.32. The van der Waals surface area contributed by atoms with E-state index in [9.17, 15) is 5.26 Å². The molecule has 2 aromatic carbocycles. The summed E-state index contributed by atoms with van der Waals surface area (Å²) >= 11 is 0. The zero-order valence-corrected chi connectivity index (χ0v) is 13.4. The Balaban J connectivity index is 2.10. The SMILES string of the molecule is CCOc1ccc(-c2cc(-c3ccccc3)c(C#N)c(N)[nH+]2)cc1. The van der Waals surface area contributed by atoms with E-state index in [1.165, 1.54) is 0 Å². The first-order chi connectivity index (χ1) is 11.7. The van der Waals surface area contributed by atoms with E-state index in [0.717, 1.165) is 28.1 Å². The summed E-state index contributed by atoms with van der Waals surface area (Å²) < 4.78 is 5.47. The molecule has 0 aliphatic carbocycles. The maximum Gasteiger partial charge on any atom is 0.289 e. The molecule has 4 heteroatoms. The Hall–Kier alpha value is -3.32. The number of hydrogen-bond donors (Lipinski definition) is 1. The number of benzene rings is 2. The van der Waals surface area contributed by atoms with Crippen LogP contribution in [0, 0.1) is 11.3 Å². The van der Waals surface area contributed by atoms with Gasteiger partial charge in [0.1, 0.15) is 23.1 Å². The largest absolute Gasteiger partial charge is 0.494 e. The summed E-state index contributed by atoms with van der Waals surface area (Å²) in [6.45, 7) is 2.59. The number of H-pyrrole nitrogens is 1. The minimum absolute atomic E-state index is 0.364. The van der Waals surface area contributed by atoms with E-state index in [1.54, 1.807) is 0 Å². The predicted octanol–water partition coefficient (Wildman–Crippen LogP) is 3.69. The molecule has 0 aliphatic rings. The molecule has 0 aliphatic heterocycles. The Morgan fingerprint density at radius 3 is 2.38 bits per heavy atom. The summed E-state index contributed by atoms with van der Waals surface area (Å²) in [6.07, 6.45) is 0. The van der Waals surface area contributed by atoms with Crippen LogP contribution in [-0.2, 0) is 0 Å². The van der Waals surface area contributed by atoms with Gasteiger partial charge >= 0.3 is 0 Å². The number of nitrogens with one attached hydrogen (secondary N) is 1. The molecule has 0 radical (unpaired) electrons. The quantitative estimate of drug-likeness (QED) is 0.798. The summed E-state index contributed by atoms with van der Waals surface area (Å²) in [5.74, 6) is 1.19. The lowest BCUT2D eigenvalue weighted by atomic mass is 9.98. The molecule has 118 valence electrons. The lowest BCUT2D eigenvalue weighted by Crippen LogP contribution is -2.16. The van der Waals surface area contributed by atoms with Gasteiger partial charge in [-0.3, -0.25) is 5.73 Å². The van der Waals surface area contributed by atoms with Crippen LogP contribution in [0.3, 0.4) is 0 Å². The number of pyridine rings is 1. The van der Waals surface area contributed by atoms with Crippen molar-refractivity contribution in [2.45, 2.75) is 6.92 Å². The van der Waals surface area contributed by atoms with Crippen molar-refractivity contribution in [2.75, 3.05) is 12.3 Å². The van der Waals surface area contributed by atoms with E-state index in [1.807, 2.05) is 67.6 Å². The van der Waals surface area contributed by atoms with E-state index >= 15 is 0 Å². The van der Waals surface area contributed by atoms with Crippen LogP contribution >= 0.6 is 0 Å². The number of rotatable bonds is 4. The number of hydrogen-bond acceptors (Lipinski definition) is 3. The van der Waals surface area contributed by atoms with Crippen LogP contribution in [0.2, 0.25) is 0 Å². The summed E-state index contributed by atoms with van der Waals surface area (Å²) in [4.78, 5) is 3.12. The monoisotopic (exact) mass is 316 g/mol. The second-order valence-corrected chi connectivity index (χ2v) is 5.32. The fraction of sp³-hybridized carbons (Fsp3) is 0.100. The first-order valence-corrected chi connectivity index (χ1v) is 7.77. The van der Waals surface area contributed by atoms with Gasteiger partial charge in [-0.15, -0.1) is 0 Å². The smallest absolute Gasteiger partial charge is 0.289 e. The van der Waals surface area contributed by atoms with Gasteiger partial charge in [0.25, 0.3) is 5.82 Å². The Bertz CT molecular complexity index is 881. The van der Waals surface area contributed by atoms with Crippen molar-refractivity contribution in [3.8, 4) is 34.2 Å². The normalized spacial score (nSPS) is 10.2. The minimum atomic E-state index is 0.364. The Morgan fingerprint density at radius 1 is 1.04 bits per heavy atom. The third kappa shape index (κ3) is 3.06. The first kappa shape index (κ1) is 15.6. The molecule has 24 heavy (non-hydrogen) atoms. The van der Waals surface area contributed by atoms with Crippen molar-refractivity contribution < 1.29 is 9.72 Å². The number of aromatic amines is 1. The van der Waals surface area contributed by atoms with Gasteiger partial charge in [-0.05, 0) is 42.8 Å². The fourth-order valence-corrected chi connectivity index (χ4v) is 2.62. The summed E-state index contributed by atoms with van der Waals surface area (Å²) in [5.41, 5.74) is 10.1. The van der Waals surface area contributed by atoms with Crippen LogP contribution in [0.15, 0.2) is 60.7 Å². The predicted molar refractivity (Wildman–Crippen MR) is 94.2 cm³/mol. The Morgan fingerprint density at radius 2 is 1.75 bits per heavy atom. The molecular formula is C20H18N3O+. The van der Waals surface area contributed by atoms with E-state index < -0.39 is 0 Å². The van der Waals surface area contributed by atoms with Crippen LogP contribution < -0.4 is 15.5 Å². The Kier molecular flexibility index (Phi) is 4.44. The van der Waals surface area contributed by atoms with E-state index in [2.05, 4.69) is 11.1 Å². The highest BCUT2D eigenvalue weighted by molar-refractivity contribution is 5.77. The van der Waals surface area contributed by atoms with E-state index in [4.69, 9.17) is 10.5 Å². The average molecular weight is 316 g/mol. The molecule has 3 rings (SSSR count). The van der Waals surface area contributed by atoms with Gasteiger partial charge < -0.3 is 4.74 Å². The molecule has 3 N–H and O–H groups in total. The van der Waals surface area contributed by atoms with Crippen molar-refractivity contribution in [1.29, 1.82) is 5.26 Å². The van der Waals surface area contributed by atoms with Gasteiger partial charge in [-0.2, -0.15) is 5.26 Å². The lowest BCUT2D eigenvalue weighted by Gasteiger charge is -2.08. The minimum Gasteiger partial charge on any atom is -0.494 e. The molecule has 1 heterocycles. The van der Waals surface area contributed by atoms with Crippen molar-refractivity contribution >= 4 is 5.82 Å². The maximum absolute atomic E-state index is 9.45. The molecule has 4 nitrogen and oxygen atoms in total. The Labute approximate surface area is 141 Å². The molecule has 0 saturated carbocycles. The van der Waals surface area contributed by atoms with Crippen LogP contribution in [0.5, 0.6) is 5.75 Å². The third-order valence-corrected chi connectivity index (χ3v) is 3.77. The first-order valence-electron chi connectivity index (χ1n) is 7.77. The maximum atomic E-state index is 9.45. The number of ether oxygens (including phenoxy) is 1. The average Bonchev–Trinajstić information content (AvgIpc) is 2.63. The molecule has 0 unspecified atom stereocenters. The van der Waals surface area contributed by atoms with Crippen LogP contribution in [-0.4, -0.2) is 6.61 Å². The van der Waals surface area contributed by atoms with Crippen molar-refractivity contribution in [2.24, 2.45) is 0 Å². The van der Waals surface area contributed by atoms with Crippen LogP contribution in [0.25, 0.3) is 22.4 Å².